The lowest BCUT2D eigenvalue weighted by Crippen LogP contribution is -2.28. The maximum absolute atomic E-state index is 11.4. The monoisotopic (exact) mass is 327 g/mol. The van der Waals surface area contributed by atoms with E-state index in [-0.39, 0.29) is 12.5 Å². The summed E-state index contributed by atoms with van der Waals surface area (Å²) in [6.45, 7) is 3.73. The highest BCUT2D eigenvalue weighted by atomic mass is 79.9. The minimum absolute atomic E-state index is 0.150. The lowest BCUT2D eigenvalue weighted by molar-refractivity contribution is -0.122. The molecule has 0 heterocycles. The molecule has 0 bridgehead atoms. The number of aldehydes is 1. The number of carbonyl (C=O) groups is 2. The lowest BCUT2D eigenvalue weighted by Gasteiger charge is -2.12. The molecule has 0 aliphatic carbocycles. The number of amides is 1. The number of hydrogen-bond acceptors (Lipinski definition) is 4. The Balaban J connectivity index is 2.80. The summed E-state index contributed by atoms with van der Waals surface area (Å²) in [5.74, 6) is 0.489. The summed E-state index contributed by atoms with van der Waals surface area (Å²) >= 11 is 3.27. The van der Waals surface area contributed by atoms with E-state index < -0.39 is 0 Å². The van der Waals surface area contributed by atoms with Gasteiger partial charge in [-0.15, -0.1) is 6.58 Å². The van der Waals surface area contributed by atoms with Gasteiger partial charge in [0.25, 0.3) is 5.91 Å². The summed E-state index contributed by atoms with van der Waals surface area (Å²) < 4.78 is 11.1. The second kappa shape index (κ2) is 7.58. The summed E-state index contributed by atoms with van der Waals surface area (Å²) in [5, 5.41) is 2.59. The Hall–Kier alpha value is -1.82. The maximum Gasteiger partial charge on any atom is 0.258 e. The van der Waals surface area contributed by atoms with Crippen LogP contribution in [0.2, 0.25) is 0 Å². The van der Waals surface area contributed by atoms with Crippen LogP contribution in [0.15, 0.2) is 29.3 Å². The molecular formula is C13H14BrNO4. The zero-order valence-corrected chi connectivity index (χ0v) is 12.0. The smallest absolute Gasteiger partial charge is 0.258 e. The summed E-state index contributed by atoms with van der Waals surface area (Å²) in [6.07, 6.45) is 2.28. The summed E-state index contributed by atoms with van der Waals surface area (Å²) in [7, 11) is 1.46. The van der Waals surface area contributed by atoms with E-state index in [0.29, 0.717) is 34.4 Å². The van der Waals surface area contributed by atoms with E-state index in [2.05, 4.69) is 27.8 Å². The third-order valence-electron chi connectivity index (χ3n) is 2.18. The molecule has 1 aromatic rings. The number of nitrogens with one attached hydrogen (secondary N) is 1. The number of rotatable bonds is 7. The molecule has 0 aliphatic rings. The van der Waals surface area contributed by atoms with Crippen molar-refractivity contribution in [3.63, 3.8) is 0 Å². The molecule has 0 saturated heterocycles. The quantitative estimate of drug-likeness (QED) is 0.614. The summed E-state index contributed by atoms with van der Waals surface area (Å²) in [5.41, 5.74) is 0.451. The van der Waals surface area contributed by atoms with Crippen LogP contribution in [-0.2, 0) is 4.79 Å². The van der Waals surface area contributed by atoms with Crippen LogP contribution in [0.5, 0.6) is 11.5 Å². The summed E-state index contributed by atoms with van der Waals surface area (Å²) in [4.78, 5) is 22.1. The molecule has 6 heteroatoms. The molecule has 0 aliphatic heterocycles. The molecule has 0 spiro atoms. The fourth-order valence-corrected chi connectivity index (χ4v) is 1.90. The molecule has 19 heavy (non-hydrogen) atoms. The molecule has 102 valence electrons. The van der Waals surface area contributed by atoms with E-state index >= 15 is 0 Å². The van der Waals surface area contributed by atoms with E-state index in [4.69, 9.17) is 9.47 Å². The average Bonchev–Trinajstić information content (AvgIpc) is 2.42. The first kappa shape index (κ1) is 15.2. The van der Waals surface area contributed by atoms with Gasteiger partial charge in [0.15, 0.2) is 18.1 Å². The van der Waals surface area contributed by atoms with E-state index in [1.807, 2.05) is 0 Å². The molecule has 1 amide bonds. The van der Waals surface area contributed by atoms with Gasteiger partial charge in [0, 0.05) is 12.1 Å². The first-order valence-corrected chi connectivity index (χ1v) is 6.24. The van der Waals surface area contributed by atoms with Gasteiger partial charge in [-0.2, -0.15) is 0 Å². The largest absolute Gasteiger partial charge is 0.493 e. The van der Waals surface area contributed by atoms with Crippen LogP contribution in [0.4, 0.5) is 0 Å². The van der Waals surface area contributed by atoms with Crippen molar-refractivity contribution in [2.45, 2.75) is 0 Å². The number of methoxy groups -OCH3 is 1. The second-order valence-electron chi connectivity index (χ2n) is 3.53. The van der Waals surface area contributed by atoms with Crippen LogP contribution in [0.3, 0.4) is 0 Å². The van der Waals surface area contributed by atoms with Crippen molar-refractivity contribution in [1.82, 2.24) is 5.32 Å². The Bertz CT molecular complexity index is 488. The van der Waals surface area contributed by atoms with Gasteiger partial charge in [0.1, 0.15) is 6.29 Å². The highest BCUT2D eigenvalue weighted by molar-refractivity contribution is 9.10. The normalized spacial score (nSPS) is 9.58. The molecule has 0 aromatic heterocycles. The van der Waals surface area contributed by atoms with Crippen molar-refractivity contribution in [2.24, 2.45) is 0 Å². The van der Waals surface area contributed by atoms with Crippen LogP contribution < -0.4 is 14.8 Å². The molecule has 0 saturated carbocycles. The Kier molecular flexibility index (Phi) is 6.08. The maximum atomic E-state index is 11.4. The number of hydrogen-bond donors (Lipinski definition) is 1. The van der Waals surface area contributed by atoms with Gasteiger partial charge < -0.3 is 14.8 Å². The first-order valence-electron chi connectivity index (χ1n) is 5.45. The Morgan fingerprint density at radius 1 is 1.53 bits per heavy atom. The SMILES string of the molecule is C=CCNC(=O)COc1c(Br)cc(C=O)cc1OC. The Morgan fingerprint density at radius 3 is 2.84 bits per heavy atom. The van der Waals surface area contributed by atoms with Crippen molar-refractivity contribution in [1.29, 1.82) is 0 Å². The Morgan fingerprint density at radius 2 is 2.26 bits per heavy atom. The Labute approximate surface area is 119 Å². The second-order valence-corrected chi connectivity index (χ2v) is 4.39. The van der Waals surface area contributed by atoms with Crippen LogP contribution in [0, 0.1) is 0 Å². The average molecular weight is 328 g/mol. The summed E-state index contributed by atoms with van der Waals surface area (Å²) in [6, 6.07) is 3.13. The van der Waals surface area contributed by atoms with E-state index in [0.717, 1.165) is 0 Å². The van der Waals surface area contributed by atoms with Crippen molar-refractivity contribution in [3.05, 3.63) is 34.8 Å². The van der Waals surface area contributed by atoms with Crippen LogP contribution in [-0.4, -0.2) is 32.5 Å². The molecule has 1 rings (SSSR count). The molecule has 5 nitrogen and oxygen atoms in total. The van der Waals surface area contributed by atoms with Gasteiger partial charge in [0.05, 0.1) is 11.6 Å². The minimum atomic E-state index is -0.270. The number of carbonyl (C=O) groups excluding carboxylic acids is 2. The first-order chi connectivity index (χ1) is 9.12. The minimum Gasteiger partial charge on any atom is -0.493 e. The van der Waals surface area contributed by atoms with Gasteiger partial charge in [-0.25, -0.2) is 0 Å². The fraction of sp³-hybridized carbons (Fsp3) is 0.231. The number of halogens is 1. The molecule has 0 fully saturated rings. The highest BCUT2D eigenvalue weighted by Gasteiger charge is 2.13. The van der Waals surface area contributed by atoms with Crippen LogP contribution in [0.25, 0.3) is 0 Å². The third-order valence-corrected chi connectivity index (χ3v) is 2.77. The van der Waals surface area contributed by atoms with Crippen molar-refractivity contribution < 1.29 is 19.1 Å². The van der Waals surface area contributed by atoms with Crippen molar-refractivity contribution in [2.75, 3.05) is 20.3 Å². The lowest BCUT2D eigenvalue weighted by atomic mass is 10.2. The highest BCUT2D eigenvalue weighted by Crippen LogP contribution is 2.36. The molecule has 0 radical (unpaired) electrons. The zero-order chi connectivity index (χ0) is 14.3. The van der Waals surface area contributed by atoms with Gasteiger partial charge >= 0.3 is 0 Å². The van der Waals surface area contributed by atoms with Gasteiger partial charge in [-0.1, -0.05) is 6.08 Å². The molecule has 1 aromatic carbocycles. The van der Waals surface area contributed by atoms with Gasteiger partial charge in [-0.3, -0.25) is 9.59 Å². The van der Waals surface area contributed by atoms with E-state index in [9.17, 15) is 9.59 Å². The molecule has 0 atom stereocenters. The predicted molar refractivity (Wildman–Crippen MR) is 74.8 cm³/mol. The van der Waals surface area contributed by atoms with Crippen LogP contribution in [0.1, 0.15) is 10.4 Å². The number of benzene rings is 1. The molecular weight excluding hydrogens is 314 g/mol. The zero-order valence-electron chi connectivity index (χ0n) is 10.4. The molecule has 0 unspecified atom stereocenters. The van der Waals surface area contributed by atoms with E-state index in [1.165, 1.54) is 13.2 Å². The fourth-order valence-electron chi connectivity index (χ4n) is 1.32. The van der Waals surface area contributed by atoms with Crippen LogP contribution >= 0.6 is 15.9 Å². The van der Waals surface area contributed by atoms with Crippen molar-refractivity contribution >= 4 is 28.1 Å². The van der Waals surface area contributed by atoms with Gasteiger partial charge in [0.2, 0.25) is 0 Å². The van der Waals surface area contributed by atoms with Gasteiger partial charge in [-0.05, 0) is 28.1 Å². The number of ether oxygens (including phenoxy) is 2. The van der Waals surface area contributed by atoms with Crippen molar-refractivity contribution in [3.8, 4) is 11.5 Å². The third kappa shape index (κ3) is 4.40. The molecule has 1 N–H and O–H groups in total. The standard InChI is InChI=1S/C13H14BrNO4/c1-3-4-15-12(17)8-19-13-10(14)5-9(7-16)6-11(13)18-2/h3,5-7H,1,4,8H2,2H3,(H,15,17). The predicted octanol–water partition coefficient (Wildman–Crippen LogP) is 1.95. The topological polar surface area (TPSA) is 64.6 Å². The van der Waals surface area contributed by atoms with E-state index in [1.54, 1.807) is 12.1 Å².